The highest BCUT2D eigenvalue weighted by atomic mass is 16.5. The van der Waals surface area contributed by atoms with Gasteiger partial charge in [-0.1, -0.05) is 43.2 Å². The largest absolute Gasteiger partial charge is 0.445 e. The molecule has 108 valence electrons. The number of hydrogen-bond donors (Lipinski definition) is 2. The molecular formula is C15H20N2O3. The molecule has 1 aliphatic rings. The standard InChI is InChI=1S/C15H20N2O3/c16-14(18)12-8-4-5-9-13(12)17-15(19)20-10-11-6-2-1-3-7-11/h1-3,6-7,12-13H,4-5,8-10H2,(H2,16,18)(H,17,19)/t12-,13+/m0/s1. The Kier molecular flexibility index (Phi) is 4.98. The van der Waals surface area contributed by atoms with Crippen LogP contribution < -0.4 is 11.1 Å². The first-order valence-electron chi connectivity index (χ1n) is 6.93. The van der Waals surface area contributed by atoms with Crippen LogP contribution in [-0.4, -0.2) is 18.0 Å². The van der Waals surface area contributed by atoms with Gasteiger partial charge in [0.1, 0.15) is 6.61 Å². The van der Waals surface area contributed by atoms with Crippen LogP contribution in [0, 0.1) is 5.92 Å². The summed E-state index contributed by atoms with van der Waals surface area (Å²) < 4.78 is 5.16. The predicted molar refractivity (Wildman–Crippen MR) is 74.7 cm³/mol. The van der Waals surface area contributed by atoms with Gasteiger partial charge in [-0.3, -0.25) is 4.79 Å². The lowest BCUT2D eigenvalue weighted by Crippen LogP contribution is -2.47. The van der Waals surface area contributed by atoms with Gasteiger partial charge in [0.25, 0.3) is 0 Å². The zero-order chi connectivity index (χ0) is 14.4. The van der Waals surface area contributed by atoms with Crippen LogP contribution in [0.3, 0.4) is 0 Å². The zero-order valence-electron chi connectivity index (χ0n) is 11.4. The number of nitrogens with two attached hydrogens (primary N) is 1. The molecule has 5 nitrogen and oxygen atoms in total. The van der Waals surface area contributed by atoms with E-state index in [0.29, 0.717) is 0 Å². The van der Waals surface area contributed by atoms with Crippen LogP contribution in [0.2, 0.25) is 0 Å². The SMILES string of the molecule is NC(=O)[C@H]1CCCC[C@H]1NC(=O)OCc1ccccc1. The summed E-state index contributed by atoms with van der Waals surface area (Å²) in [5, 5.41) is 2.76. The van der Waals surface area contributed by atoms with Crippen LogP contribution in [0.15, 0.2) is 30.3 Å². The average molecular weight is 276 g/mol. The number of hydrogen-bond acceptors (Lipinski definition) is 3. The molecule has 0 spiro atoms. The maximum absolute atomic E-state index is 11.8. The van der Waals surface area contributed by atoms with Crippen molar-refractivity contribution in [2.45, 2.75) is 38.3 Å². The van der Waals surface area contributed by atoms with Crippen molar-refractivity contribution in [3.05, 3.63) is 35.9 Å². The maximum Gasteiger partial charge on any atom is 0.407 e. The van der Waals surface area contributed by atoms with E-state index >= 15 is 0 Å². The highest BCUT2D eigenvalue weighted by Crippen LogP contribution is 2.24. The van der Waals surface area contributed by atoms with E-state index in [4.69, 9.17) is 10.5 Å². The Bertz CT molecular complexity index is 461. The average Bonchev–Trinajstić information content (AvgIpc) is 2.46. The summed E-state index contributed by atoms with van der Waals surface area (Å²) in [5.74, 6) is -0.633. The van der Waals surface area contributed by atoms with Crippen molar-refractivity contribution >= 4 is 12.0 Å². The van der Waals surface area contributed by atoms with E-state index in [2.05, 4.69) is 5.32 Å². The van der Waals surface area contributed by atoms with Gasteiger partial charge in [-0.2, -0.15) is 0 Å². The number of nitrogens with one attached hydrogen (secondary N) is 1. The molecule has 2 amide bonds. The monoisotopic (exact) mass is 276 g/mol. The van der Waals surface area contributed by atoms with Crippen LogP contribution in [0.5, 0.6) is 0 Å². The highest BCUT2D eigenvalue weighted by Gasteiger charge is 2.30. The minimum atomic E-state index is -0.494. The fraction of sp³-hybridized carbons (Fsp3) is 0.467. The Balaban J connectivity index is 1.82. The minimum absolute atomic E-state index is 0.204. The summed E-state index contributed by atoms with van der Waals surface area (Å²) in [6.45, 7) is 0.223. The van der Waals surface area contributed by atoms with E-state index in [1.54, 1.807) is 0 Å². The number of ether oxygens (including phenoxy) is 1. The van der Waals surface area contributed by atoms with E-state index in [9.17, 15) is 9.59 Å². The molecule has 0 heterocycles. The third-order valence-electron chi connectivity index (χ3n) is 3.65. The van der Waals surface area contributed by atoms with Gasteiger partial charge in [0, 0.05) is 6.04 Å². The first kappa shape index (κ1) is 14.4. The van der Waals surface area contributed by atoms with Crippen molar-refractivity contribution in [1.82, 2.24) is 5.32 Å². The second-order valence-electron chi connectivity index (χ2n) is 5.11. The first-order chi connectivity index (χ1) is 9.66. The van der Waals surface area contributed by atoms with Crippen molar-refractivity contribution in [2.24, 2.45) is 11.7 Å². The summed E-state index contributed by atoms with van der Waals surface area (Å²) >= 11 is 0. The molecule has 0 unspecified atom stereocenters. The summed E-state index contributed by atoms with van der Waals surface area (Å²) in [6.07, 6.45) is 2.98. The van der Waals surface area contributed by atoms with E-state index in [0.717, 1.165) is 31.2 Å². The van der Waals surface area contributed by atoms with E-state index < -0.39 is 6.09 Å². The Hall–Kier alpha value is -2.04. The Morgan fingerprint density at radius 2 is 1.90 bits per heavy atom. The molecule has 3 N–H and O–H groups in total. The van der Waals surface area contributed by atoms with Crippen molar-refractivity contribution in [3.63, 3.8) is 0 Å². The smallest absolute Gasteiger partial charge is 0.407 e. The van der Waals surface area contributed by atoms with Crippen LogP contribution in [-0.2, 0) is 16.1 Å². The van der Waals surface area contributed by atoms with Gasteiger partial charge >= 0.3 is 6.09 Å². The zero-order valence-corrected chi connectivity index (χ0v) is 11.4. The van der Waals surface area contributed by atoms with Crippen LogP contribution in [0.4, 0.5) is 4.79 Å². The molecule has 0 bridgehead atoms. The number of benzene rings is 1. The molecule has 2 atom stereocenters. The Labute approximate surface area is 118 Å². The lowest BCUT2D eigenvalue weighted by atomic mass is 9.84. The summed E-state index contributed by atoms with van der Waals surface area (Å²) in [4.78, 5) is 23.1. The van der Waals surface area contributed by atoms with Crippen molar-refractivity contribution in [1.29, 1.82) is 0 Å². The number of rotatable bonds is 4. The lowest BCUT2D eigenvalue weighted by molar-refractivity contribution is -0.123. The van der Waals surface area contributed by atoms with Crippen molar-refractivity contribution in [2.75, 3.05) is 0 Å². The van der Waals surface area contributed by atoms with Gasteiger partial charge in [0.05, 0.1) is 5.92 Å². The third-order valence-corrected chi connectivity index (χ3v) is 3.65. The fourth-order valence-electron chi connectivity index (χ4n) is 2.56. The minimum Gasteiger partial charge on any atom is -0.445 e. The molecule has 1 aliphatic carbocycles. The van der Waals surface area contributed by atoms with Gasteiger partial charge in [-0.25, -0.2) is 4.79 Å². The number of carbonyl (C=O) groups is 2. The topological polar surface area (TPSA) is 81.4 Å². The highest BCUT2D eigenvalue weighted by molar-refractivity contribution is 5.78. The Morgan fingerprint density at radius 1 is 1.20 bits per heavy atom. The maximum atomic E-state index is 11.8. The van der Waals surface area contributed by atoms with E-state index in [1.165, 1.54) is 0 Å². The number of carbonyl (C=O) groups excluding carboxylic acids is 2. The van der Waals surface area contributed by atoms with Gasteiger partial charge < -0.3 is 15.8 Å². The van der Waals surface area contributed by atoms with Gasteiger partial charge in [0.2, 0.25) is 5.91 Å². The molecule has 0 aliphatic heterocycles. The molecule has 1 fully saturated rings. The molecular weight excluding hydrogens is 256 g/mol. The van der Waals surface area contributed by atoms with Crippen LogP contribution >= 0.6 is 0 Å². The summed E-state index contributed by atoms with van der Waals surface area (Å²) in [5.41, 5.74) is 6.30. The molecule has 0 radical (unpaired) electrons. The number of primary amides is 1. The molecule has 5 heteroatoms. The number of alkyl carbamates (subject to hydrolysis) is 1. The molecule has 1 aromatic rings. The summed E-state index contributed by atoms with van der Waals surface area (Å²) in [7, 11) is 0. The third kappa shape index (κ3) is 3.98. The normalized spacial score (nSPS) is 22.0. The Morgan fingerprint density at radius 3 is 2.60 bits per heavy atom. The molecule has 0 aromatic heterocycles. The van der Waals surface area contributed by atoms with E-state index in [1.807, 2.05) is 30.3 Å². The van der Waals surface area contributed by atoms with Crippen LogP contribution in [0.25, 0.3) is 0 Å². The van der Waals surface area contributed by atoms with E-state index in [-0.39, 0.29) is 24.5 Å². The molecule has 20 heavy (non-hydrogen) atoms. The van der Waals surface area contributed by atoms with Crippen LogP contribution in [0.1, 0.15) is 31.2 Å². The first-order valence-corrected chi connectivity index (χ1v) is 6.93. The lowest BCUT2D eigenvalue weighted by Gasteiger charge is -2.29. The van der Waals surface area contributed by atoms with Gasteiger partial charge in [-0.05, 0) is 18.4 Å². The molecule has 1 saturated carbocycles. The van der Waals surface area contributed by atoms with Gasteiger partial charge in [-0.15, -0.1) is 0 Å². The molecule has 1 aromatic carbocycles. The molecule has 0 saturated heterocycles. The van der Waals surface area contributed by atoms with Gasteiger partial charge in [0.15, 0.2) is 0 Å². The summed E-state index contributed by atoms with van der Waals surface area (Å²) in [6, 6.07) is 9.26. The quantitative estimate of drug-likeness (QED) is 0.882. The van der Waals surface area contributed by atoms with Crippen molar-refractivity contribution in [3.8, 4) is 0 Å². The fourth-order valence-corrected chi connectivity index (χ4v) is 2.56. The predicted octanol–water partition coefficient (Wildman–Crippen LogP) is 1.96. The number of amides is 2. The van der Waals surface area contributed by atoms with Crippen molar-refractivity contribution < 1.29 is 14.3 Å². The second-order valence-corrected chi connectivity index (χ2v) is 5.11. The molecule has 2 rings (SSSR count). The second kappa shape index (κ2) is 6.93.